The molecule has 2 aromatic rings. The van der Waals surface area contributed by atoms with Crippen LogP contribution in [0.5, 0.6) is 0 Å². The minimum Gasteiger partial charge on any atom is -0.243 e. The first-order valence-corrected chi connectivity index (χ1v) is 8.65. The van der Waals surface area contributed by atoms with Crippen molar-refractivity contribution in [3.8, 4) is 0 Å². The molecule has 10 heteroatoms. The molecule has 0 aliphatic heterocycles. The highest BCUT2D eigenvalue weighted by Crippen LogP contribution is 2.29. The van der Waals surface area contributed by atoms with E-state index in [0.717, 1.165) is 10.4 Å². The zero-order valence-electron chi connectivity index (χ0n) is 12.2. The molecule has 0 atom stereocenters. The van der Waals surface area contributed by atoms with Gasteiger partial charge in [-0.3, -0.25) is 0 Å². The molecule has 0 N–H and O–H groups in total. The van der Waals surface area contributed by atoms with E-state index in [0.29, 0.717) is 22.8 Å². The molecular formula is C14H11Cl2F3N2O2S. The molecule has 2 rings (SSSR count). The second-order valence-corrected chi connectivity index (χ2v) is 7.72. The van der Waals surface area contributed by atoms with Gasteiger partial charge in [-0.05, 0) is 29.8 Å². The van der Waals surface area contributed by atoms with Crippen molar-refractivity contribution in [2.75, 3.05) is 7.05 Å². The molecule has 0 amide bonds. The van der Waals surface area contributed by atoms with Crippen LogP contribution in [-0.2, 0) is 22.7 Å². The number of alkyl halides is 3. The minimum atomic E-state index is -4.59. The van der Waals surface area contributed by atoms with Gasteiger partial charge in [0.15, 0.2) is 5.03 Å². The van der Waals surface area contributed by atoms with E-state index >= 15 is 0 Å². The van der Waals surface area contributed by atoms with Crippen LogP contribution in [0.3, 0.4) is 0 Å². The van der Waals surface area contributed by atoms with E-state index in [1.165, 1.54) is 13.1 Å². The fourth-order valence-electron chi connectivity index (χ4n) is 1.84. The quantitative estimate of drug-likeness (QED) is 0.774. The van der Waals surface area contributed by atoms with E-state index in [9.17, 15) is 21.6 Å². The van der Waals surface area contributed by atoms with Crippen molar-refractivity contribution < 1.29 is 21.6 Å². The summed E-state index contributed by atoms with van der Waals surface area (Å²) in [6.07, 6.45) is -4.10. The van der Waals surface area contributed by atoms with E-state index in [4.69, 9.17) is 23.2 Å². The average Bonchev–Trinajstić information content (AvgIpc) is 2.49. The van der Waals surface area contributed by atoms with Crippen LogP contribution in [0.15, 0.2) is 41.6 Å². The smallest absolute Gasteiger partial charge is 0.243 e. The second kappa shape index (κ2) is 6.87. The summed E-state index contributed by atoms with van der Waals surface area (Å²) in [5.74, 6) is 0. The number of hydrogen-bond donors (Lipinski definition) is 0. The van der Waals surface area contributed by atoms with Crippen LogP contribution in [0.1, 0.15) is 11.1 Å². The number of benzene rings is 1. The van der Waals surface area contributed by atoms with Crippen LogP contribution in [0.2, 0.25) is 10.0 Å². The van der Waals surface area contributed by atoms with Gasteiger partial charge in [-0.1, -0.05) is 29.3 Å². The Balaban J connectivity index is 2.26. The fraction of sp³-hybridized carbons (Fsp3) is 0.214. The lowest BCUT2D eigenvalue weighted by Gasteiger charge is -2.18. The molecule has 0 fully saturated rings. The van der Waals surface area contributed by atoms with E-state index in [1.807, 2.05) is 0 Å². The average molecular weight is 399 g/mol. The van der Waals surface area contributed by atoms with Crippen LogP contribution in [-0.4, -0.2) is 24.8 Å². The Morgan fingerprint density at radius 1 is 1.17 bits per heavy atom. The first-order valence-electron chi connectivity index (χ1n) is 6.45. The molecule has 1 aromatic heterocycles. The molecule has 1 aromatic carbocycles. The van der Waals surface area contributed by atoms with Crippen LogP contribution < -0.4 is 0 Å². The minimum absolute atomic E-state index is 0.0823. The number of aromatic nitrogens is 1. The van der Waals surface area contributed by atoms with Crippen molar-refractivity contribution in [2.45, 2.75) is 17.7 Å². The highest BCUT2D eigenvalue weighted by molar-refractivity contribution is 7.89. The normalized spacial score (nSPS) is 12.6. The van der Waals surface area contributed by atoms with Crippen LogP contribution in [0.25, 0.3) is 0 Å². The van der Waals surface area contributed by atoms with Gasteiger partial charge >= 0.3 is 6.18 Å². The largest absolute Gasteiger partial charge is 0.417 e. The molecular weight excluding hydrogens is 388 g/mol. The zero-order valence-corrected chi connectivity index (χ0v) is 14.5. The topological polar surface area (TPSA) is 50.3 Å². The molecule has 0 aliphatic rings. The third-order valence-corrected chi connectivity index (χ3v) is 5.45. The van der Waals surface area contributed by atoms with Crippen molar-refractivity contribution in [3.63, 3.8) is 0 Å². The Hall–Kier alpha value is -1.35. The highest BCUT2D eigenvalue weighted by Gasteiger charge is 2.32. The number of pyridine rings is 1. The first kappa shape index (κ1) is 19.0. The van der Waals surface area contributed by atoms with Gasteiger partial charge in [0.2, 0.25) is 0 Å². The summed E-state index contributed by atoms with van der Waals surface area (Å²) in [6, 6.07) is 6.08. The van der Waals surface area contributed by atoms with Crippen molar-refractivity contribution in [1.82, 2.24) is 9.29 Å². The predicted molar refractivity (Wildman–Crippen MR) is 84.4 cm³/mol. The maximum atomic E-state index is 12.5. The Labute approximate surface area is 146 Å². The molecule has 0 saturated heterocycles. The summed E-state index contributed by atoms with van der Waals surface area (Å²) >= 11 is 11.8. The van der Waals surface area contributed by atoms with Gasteiger partial charge in [-0.2, -0.15) is 17.5 Å². The third kappa shape index (κ3) is 4.18. The maximum absolute atomic E-state index is 12.5. The van der Waals surface area contributed by atoms with Crippen LogP contribution >= 0.6 is 23.2 Å². The van der Waals surface area contributed by atoms with Gasteiger partial charge in [0.25, 0.3) is 10.0 Å². The molecule has 0 bridgehead atoms. The van der Waals surface area contributed by atoms with Crippen LogP contribution in [0, 0.1) is 0 Å². The number of rotatable bonds is 4. The summed E-state index contributed by atoms with van der Waals surface area (Å²) in [6.45, 7) is -0.0823. The van der Waals surface area contributed by atoms with E-state index in [-0.39, 0.29) is 11.6 Å². The lowest BCUT2D eigenvalue weighted by molar-refractivity contribution is -0.137. The van der Waals surface area contributed by atoms with Gasteiger partial charge in [0.1, 0.15) is 0 Å². The summed E-state index contributed by atoms with van der Waals surface area (Å²) in [7, 11) is -2.79. The summed E-state index contributed by atoms with van der Waals surface area (Å²) in [4.78, 5) is 3.41. The molecule has 0 radical (unpaired) electrons. The van der Waals surface area contributed by atoms with E-state index in [2.05, 4.69) is 4.98 Å². The summed E-state index contributed by atoms with van der Waals surface area (Å²) in [5, 5.41) is 0.201. The monoisotopic (exact) mass is 398 g/mol. The Morgan fingerprint density at radius 2 is 1.83 bits per heavy atom. The highest BCUT2D eigenvalue weighted by atomic mass is 35.5. The first-order chi connectivity index (χ1) is 11.0. The standard InChI is InChI=1S/C14H11Cl2F3N2O2S/c1-21(8-9-2-4-11(15)6-12(9)16)24(22,23)13-5-3-10(7-20-13)14(17,18)19/h2-7H,8H2,1H3. The molecule has 0 spiro atoms. The van der Waals surface area contributed by atoms with Crippen molar-refractivity contribution >= 4 is 33.2 Å². The third-order valence-electron chi connectivity index (χ3n) is 3.15. The van der Waals surface area contributed by atoms with Gasteiger partial charge in [-0.15, -0.1) is 0 Å². The van der Waals surface area contributed by atoms with Gasteiger partial charge in [-0.25, -0.2) is 13.4 Å². The van der Waals surface area contributed by atoms with Crippen molar-refractivity contribution in [1.29, 1.82) is 0 Å². The van der Waals surface area contributed by atoms with Crippen molar-refractivity contribution in [2.24, 2.45) is 0 Å². The summed E-state index contributed by atoms with van der Waals surface area (Å²) < 4.78 is 63.3. The maximum Gasteiger partial charge on any atom is 0.417 e. The lowest BCUT2D eigenvalue weighted by Crippen LogP contribution is -2.27. The molecule has 24 heavy (non-hydrogen) atoms. The molecule has 0 saturated carbocycles. The van der Waals surface area contributed by atoms with Gasteiger partial charge in [0.05, 0.1) is 5.56 Å². The summed E-state index contributed by atoms with van der Waals surface area (Å²) in [5.41, 5.74) is -0.524. The van der Waals surface area contributed by atoms with E-state index < -0.39 is 26.8 Å². The predicted octanol–water partition coefficient (Wildman–Crippen LogP) is 4.23. The molecule has 4 nitrogen and oxygen atoms in total. The van der Waals surface area contributed by atoms with Gasteiger partial charge in [0, 0.05) is 29.8 Å². The number of nitrogens with zero attached hydrogens (tertiary/aromatic N) is 2. The van der Waals surface area contributed by atoms with Crippen molar-refractivity contribution in [3.05, 3.63) is 57.7 Å². The molecule has 0 aliphatic carbocycles. The molecule has 0 unspecified atom stereocenters. The lowest BCUT2D eigenvalue weighted by atomic mass is 10.2. The number of halogens is 5. The number of sulfonamides is 1. The molecule has 130 valence electrons. The Bertz CT molecular complexity index is 840. The second-order valence-electron chi connectivity index (χ2n) is 4.88. The van der Waals surface area contributed by atoms with E-state index in [1.54, 1.807) is 12.1 Å². The number of hydrogen-bond acceptors (Lipinski definition) is 3. The SMILES string of the molecule is CN(Cc1ccc(Cl)cc1Cl)S(=O)(=O)c1ccc(C(F)(F)F)cn1. The molecule has 1 heterocycles. The van der Waals surface area contributed by atoms with Crippen LogP contribution in [0.4, 0.5) is 13.2 Å². The Kier molecular flexibility index (Phi) is 5.44. The fourth-order valence-corrected chi connectivity index (χ4v) is 3.36. The zero-order chi connectivity index (χ0) is 18.1. The van der Waals surface area contributed by atoms with Gasteiger partial charge < -0.3 is 0 Å². The Morgan fingerprint density at radius 3 is 2.33 bits per heavy atom.